The Kier molecular flexibility index (Phi) is 10.2. The summed E-state index contributed by atoms with van der Waals surface area (Å²) in [6.07, 6.45) is 3.22. The van der Waals surface area contributed by atoms with Crippen LogP contribution in [0, 0.1) is 0 Å². The molecule has 2 rings (SSSR count). The summed E-state index contributed by atoms with van der Waals surface area (Å²) in [4.78, 5) is 23.8. The molecule has 0 aliphatic carbocycles. The first kappa shape index (κ1) is 26.2. The normalized spacial score (nSPS) is 11.9. The minimum absolute atomic E-state index is 0.0418. The van der Waals surface area contributed by atoms with E-state index in [9.17, 15) is 18.0 Å². The molecule has 0 saturated carbocycles. The molecule has 2 N–H and O–H groups in total. The number of hydrazone groups is 1. The van der Waals surface area contributed by atoms with Gasteiger partial charge in [-0.15, -0.1) is 0 Å². The molecule has 0 radical (unpaired) electrons. The van der Waals surface area contributed by atoms with Crippen molar-refractivity contribution in [2.75, 3.05) is 18.4 Å². The average Bonchev–Trinajstić information content (AvgIpc) is 2.79. The summed E-state index contributed by atoms with van der Waals surface area (Å²) < 4.78 is 27.8. The van der Waals surface area contributed by atoms with Gasteiger partial charge in [-0.25, -0.2) is 13.8 Å². The lowest BCUT2D eigenvalue weighted by Gasteiger charge is -2.21. The van der Waals surface area contributed by atoms with Crippen molar-refractivity contribution in [1.29, 1.82) is 0 Å². The number of amides is 2. The van der Waals surface area contributed by atoms with Gasteiger partial charge < -0.3 is 5.32 Å². The lowest BCUT2D eigenvalue weighted by Crippen LogP contribution is -2.40. The van der Waals surface area contributed by atoms with Gasteiger partial charge in [-0.2, -0.15) is 9.41 Å². The Hall–Kier alpha value is -3.04. The van der Waals surface area contributed by atoms with Crippen LogP contribution in [-0.4, -0.2) is 43.3 Å². The van der Waals surface area contributed by atoms with Gasteiger partial charge in [-0.1, -0.05) is 43.7 Å². The summed E-state index contributed by atoms with van der Waals surface area (Å²) in [5, 5.41) is 6.69. The van der Waals surface area contributed by atoms with Gasteiger partial charge in [0, 0.05) is 24.9 Å². The Morgan fingerprint density at radius 2 is 1.67 bits per heavy atom. The average molecular weight is 473 g/mol. The predicted molar refractivity (Wildman–Crippen MR) is 130 cm³/mol. The third-order valence-electron chi connectivity index (χ3n) is 4.89. The van der Waals surface area contributed by atoms with Crippen molar-refractivity contribution >= 4 is 33.2 Å². The lowest BCUT2D eigenvalue weighted by atomic mass is 10.1. The lowest BCUT2D eigenvalue weighted by molar-refractivity contribution is -0.121. The number of unbranched alkanes of at least 4 members (excludes halogenated alkanes) is 1. The van der Waals surface area contributed by atoms with Crippen molar-refractivity contribution < 1.29 is 18.0 Å². The Morgan fingerprint density at radius 3 is 2.27 bits per heavy atom. The molecule has 8 nitrogen and oxygen atoms in total. The number of anilines is 1. The van der Waals surface area contributed by atoms with Crippen LogP contribution in [0.3, 0.4) is 0 Å². The molecule has 0 aliphatic rings. The van der Waals surface area contributed by atoms with Gasteiger partial charge in [-0.05, 0) is 56.0 Å². The molecule has 0 heterocycles. The fraction of sp³-hybridized carbons (Fsp3) is 0.375. The maximum absolute atomic E-state index is 13.3. The third-order valence-corrected chi connectivity index (χ3v) is 6.75. The van der Waals surface area contributed by atoms with E-state index in [1.54, 1.807) is 0 Å². The molecule has 0 spiro atoms. The smallest absolute Gasteiger partial charge is 0.255 e. The molecule has 178 valence electrons. The van der Waals surface area contributed by atoms with Crippen LogP contribution in [0.15, 0.2) is 64.6 Å². The fourth-order valence-electron chi connectivity index (χ4n) is 3.09. The van der Waals surface area contributed by atoms with Crippen LogP contribution in [0.1, 0.15) is 45.6 Å². The van der Waals surface area contributed by atoms with E-state index in [1.807, 2.05) is 37.3 Å². The number of benzene rings is 2. The zero-order chi connectivity index (χ0) is 24.3. The summed E-state index contributed by atoms with van der Waals surface area (Å²) in [5.74, 6) is -0.751. The number of carbonyl (C=O) groups excluding carboxylic acids is 2. The van der Waals surface area contributed by atoms with Crippen LogP contribution in [0.25, 0.3) is 0 Å². The van der Waals surface area contributed by atoms with Crippen molar-refractivity contribution in [2.45, 2.75) is 51.3 Å². The van der Waals surface area contributed by atoms with Gasteiger partial charge in [0.2, 0.25) is 15.9 Å². The predicted octanol–water partition coefficient (Wildman–Crippen LogP) is 3.56. The first-order chi connectivity index (χ1) is 15.7. The van der Waals surface area contributed by atoms with E-state index in [0.29, 0.717) is 12.1 Å². The Morgan fingerprint density at radius 1 is 1.00 bits per heavy atom. The monoisotopic (exact) mass is 472 g/mol. The number of nitrogens with one attached hydrogen (secondary N) is 2. The molecular formula is C24H32N4O4S. The van der Waals surface area contributed by atoms with Gasteiger partial charge in [0.1, 0.15) is 0 Å². The van der Waals surface area contributed by atoms with Gasteiger partial charge in [0.25, 0.3) is 5.91 Å². The van der Waals surface area contributed by atoms with E-state index in [1.165, 1.54) is 31.2 Å². The molecule has 33 heavy (non-hydrogen) atoms. The Labute approximate surface area is 196 Å². The second-order valence-corrected chi connectivity index (χ2v) is 9.70. The largest absolute Gasteiger partial charge is 0.326 e. The van der Waals surface area contributed by atoms with Crippen LogP contribution in [-0.2, 0) is 26.0 Å². The number of carbonyl (C=O) groups is 2. The highest BCUT2D eigenvalue weighted by atomic mass is 32.2. The van der Waals surface area contributed by atoms with E-state index in [-0.39, 0.29) is 23.9 Å². The SMILES string of the molecule is CCCC/C(C)=N\NC(=O)CN(CCc1ccccc1)S(=O)(=O)c1ccc(NC(C)=O)cc1. The molecule has 0 aliphatic heterocycles. The minimum atomic E-state index is -3.95. The number of sulfonamides is 1. The second kappa shape index (κ2) is 12.9. The van der Waals surface area contributed by atoms with Crippen LogP contribution in [0.2, 0.25) is 0 Å². The van der Waals surface area contributed by atoms with Crippen molar-refractivity contribution in [3.8, 4) is 0 Å². The maximum atomic E-state index is 13.3. The molecule has 9 heteroatoms. The van der Waals surface area contributed by atoms with Gasteiger partial charge >= 0.3 is 0 Å². The van der Waals surface area contributed by atoms with E-state index in [2.05, 4.69) is 22.8 Å². The number of hydrogen-bond donors (Lipinski definition) is 2. The maximum Gasteiger partial charge on any atom is 0.255 e. The second-order valence-electron chi connectivity index (χ2n) is 7.77. The standard InChI is InChI=1S/C24H32N4O4S/c1-4-5-9-19(2)26-27-24(30)18-28(17-16-21-10-7-6-8-11-21)33(31,32)23-14-12-22(13-15-23)25-20(3)29/h6-8,10-15H,4-5,9,16-18H2,1-3H3,(H,25,29)(H,27,30)/b26-19-. The fourth-order valence-corrected chi connectivity index (χ4v) is 4.48. The van der Waals surface area contributed by atoms with Crippen molar-refractivity contribution in [2.24, 2.45) is 5.10 Å². The van der Waals surface area contributed by atoms with Crippen molar-refractivity contribution in [1.82, 2.24) is 9.73 Å². The first-order valence-corrected chi connectivity index (χ1v) is 12.4. The minimum Gasteiger partial charge on any atom is -0.326 e. The van der Waals surface area contributed by atoms with Gasteiger partial charge in [0.15, 0.2) is 0 Å². The topological polar surface area (TPSA) is 108 Å². The van der Waals surface area contributed by atoms with Crippen LogP contribution >= 0.6 is 0 Å². The number of hydrogen-bond acceptors (Lipinski definition) is 5. The summed E-state index contributed by atoms with van der Waals surface area (Å²) in [6, 6.07) is 15.4. The summed E-state index contributed by atoms with van der Waals surface area (Å²) in [5.41, 5.74) is 4.72. The number of rotatable bonds is 12. The molecule has 2 amide bonds. The van der Waals surface area contributed by atoms with Crippen LogP contribution < -0.4 is 10.7 Å². The Balaban J connectivity index is 2.19. The highest BCUT2D eigenvalue weighted by molar-refractivity contribution is 7.89. The van der Waals surface area contributed by atoms with E-state index < -0.39 is 15.9 Å². The van der Waals surface area contributed by atoms with Crippen molar-refractivity contribution in [3.63, 3.8) is 0 Å². The zero-order valence-electron chi connectivity index (χ0n) is 19.4. The van der Waals surface area contributed by atoms with Crippen molar-refractivity contribution in [3.05, 3.63) is 60.2 Å². The first-order valence-electron chi connectivity index (χ1n) is 11.0. The summed E-state index contributed by atoms with van der Waals surface area (Å²) in [6.45, 7) is 5.06. The van der Waals surface area contributed by atoms with Gasteiger partial charge in [-0.3, -0.25) is 9.59 Å². The zero-order valence-corrected chi connectivity index (χ0v) is 20.2. The van der Waals surface area contributed by atoms with Crippen LogP contribution in [0.4, 0.5) is 5.69 Å². The quantitative estimate of drug-likeness (QED) is 0.364. The molecule has 0 fully saturated rings. The summed E-state index contributed by atoms with van der Waals surface area (Å²) >= 11 is 0. The highest BCUT2D eigenvalue weighted by Crippen LogP contribution is 2.19. The molecule has 0 unspecified atom stereocenters. The molecule has 0 aromatic heterocycles. The number of nitrogens with zero attached hydrogens (tertiary/aromatic N) is 2. The highest BCUT2D eigenvalue weighted by Gasteiger charge is 2.26. The van der Waals surface area contributed by atoms with E-state index in [0.717, 1.165) is 34.8 Å². The van der Waals surface area contributed by atoms with Crippen LogP contribution in [0.5, 0.6) is 0 Å². The molecule has 2 aromatic carbocycles. The molecule has 0 atom stereocenters. The molecular weight excluding hydrogens is 440 g/mol. The Bertz CT molecular complexity index is 1050. The summed E-state index contributed by atoms with van der Waals surface area (Å²) in [7, 11) is -3.95. The molecule has 0 bridgehead atoms. The van der Waals surface area contributed by atoms with Gasteiger partial charge in [0.05, 0.1) is 11.4 Å². The third kappa shape index (κ3) is 8.78. The van der Waals surface area contributed by atoms with E-state index >= 15 is 0 Å². The molecule has 0 saturated heterocycles. The van der Waals surface area contributed by atoms with E-state index in [4.69, 9.17) is 0 Å². The molecule has 2 aromatic rings.